The standard InChI is InChI=1S/C30H36F3N7S.C2H6/c1-5-38(4)19(2)16-40-23(15-34)12-25-20(3)21(6-7-27(25)40)17-39-10-8-22(9-11-39)37-28-26-13-24(14-30(31,32)33)41-29(26)36-18-35-28;1-2/h6-7,12-13,18-19,22H,5,8-11,14,16-17H2,1-4H3,(H,35,36,37);1-2H3. The number of anilines is 1. The van der Waals surface area contributed by atoms with Crippen LogP contribution in [-0.4, -0.2) is 69.3 Å². The third-order valence-corrected chi connectivity index (χ3v) is 9.40. The van der Waals surface area contributed by atoms with E-state index in [4.69, 9.17) is 0 Å². The highest BCUT2D eigenvalue weighted by Gasteiger charge is 2.29. The molecule has 11 heteroatoms. The Morgan fingerprint density at radius 1 is 1.16 bits per heavy atom. The molecule has 3 aromatic heterocycles. The second-order valence-corrected chi connectivity index (χ2v) is 12.2. The summed E-state index contributed by atoms with van der Waals surface area (Å²) in [5.74, 6) is 0.608. The molecular formula is C32H42F3N7S. The Balaban J connectivity index is 0.00000207. The van der Waals surface area contributed by atoms with Crippen molar-refractivity contribution in [3.63, 3.8) is 0 Å². The molecule has 232 valence electrons. The number of alkyl halides is 3. The van der Waals surface area contributed by atoms with Gasteiger partial charge in [0.2, 0.25) is 0 Å². The number of nitrogens with zero attached hydrogens (tertiary/aromatic N) is 6. The van der Waals surface area contributed by atoms with E-state index in [9.17, 15) is 18.4 Å². The molecule has 0 radical (unpaired) electrons. The summed E-state index contributed by atoms with van der Waals surface area (Å²) in [4.78, 5) is 14.1. The van der Waals surface area contributed by atoms with Gasteiger partial charge in [-0.15, -0.1) is 11.3 Å². The first kappa shape index (κ1) is 32.7. The predicted octanol–water partition coefficient (Wildman–Crippen LogP) is 7.37. The van der Waals surface area contributed by atoms with E-state index in [-0.39, 0.29) is 10.9 Å². The van der Waals surface area contributed by atoms with Gasteiger partial charge in [-0.1, -0.05) is 26.8 Å². The number of likely N-dealkylation sites (N-methyl/N-ethyl adjacent to an activating group) is 1. The third kappa shape index (κ3) is 7.66. The Labute approximate surface area is 256 Å². The molecule has 1 fully saturated rings. The Kier molecular flexibility index (Phi) is 10.7. The van der Waals surface area contributed by atoms with Crippen LogP contribution in [-0.2, 0) is 19.5 Å². The van der Waals surface area contributed by atoms with Gasteiger partial charge in [-0.2, -0.15) is 18.4 Å². The lowest BCUT2D eigenvalue weighted by Crippen LogP contribution is -2.39. The van der Waals surface area contributed by atoms with Crippen molar-refractivity contribution in [2.24, 2.45) is 0 Å². The van der Waals surface area contributed by atoms with E-state index < -0.39 is 12.6 Å². The van der Waals surface area contributed by atoms with Crippen LogP contribution in [0, 0.1) is 18.3 Å². The highest BCUT2D eigenvalue weighted by Crippen LogP contribution is 2.33. The zero-order valence-electron chi connectivity index (χ0n) is 25.9. The highest BCUT2D eigenvalue weighted by atomic mass is 32.1. The largest absolute Gasteiger partial charge is 0.393 e. The molecule has 0 bridgehead atoms. The van der Waals surface area contributed by atoms with Crippen LogP contribution in [0.15, 0.2) is 30.6 Å². The number of piperidine rings is 1. The van der Waals surface area contributed by atoms with Gasteiger partial charge in [-0.25, -0.2) is 9.97 Å². The van der Waals surface area contributed by atoms with Crippen molar-refractivity contribution in [1.29, 1.82) is 5.26 Å². The molecule has 4 aromatic rings. The van der Waals surface area contributed by atoms with Crippen molar-refractivity contribution in [3.8, 4) is 6.07 Å². The van der Waals surface area contributed by atoms with Gasteiger partial charge < -0.3 is 14.8 Å². The second kappa shape index (κ2) is 14.1. The van der Waals surface area contributed by atoms with Crippen LogP contribution < -0.4 is 5.32 Å². The number of rotatable bonds is 9. The number of benzene rings is 1. The lowest BCUT2D eigenvalue weighted by Gasteiger charge is -2.33. The molecule has 1 saturated heterocycles. The number of likely N-dealkylation sites (tertiary alicyclic amines) is 1. The van der Waals surface area contributed by atoms with E-state index in [1.54, 1.807) is 6.07 Å². The van der Waals surface area contributed by atoms with Gasteiger partial charge in [0.1, 0.15) is 28.7 Å². The minimum atomic E-state index is -4.25. The van der Waals surface area contributed by atoms with Gasteiger partial charge in [0.05, 0.1) is 11.8 Å². The summed E-state index contributed by atoms with van der Waals surface area (Å²) in [5, 5.41) is 15.1. The van der Waals surface area contributed by atoms with Crippen LogP contribution in [0.4, 0.5) is 19.0 Å². The van der Waals surface area contributed by atoms with Crippen LogP contribution in [0.3, 0.4) is 0 Å². The van der Waals surface area contributed by atoms with Crippen molar-refractivity contribution in [1.82, 2.24) is 24.3 Å². The van der Waals surface area contributed by atoms with Crippen molar-refractivity contribution in [3.05, 3.63) is 52.3 Å². The molecule has 4 heterocycles. The number of aryl methyl sites for hydroxylation is 1. The van der Waals surface area contributed by atoms with Crippen LogP contribution in [0.1, 0.15) is 62.2 Å². The quantitative estimate of drug-likeness (QED) is 0.213. The van der Waals surface area contributed by atoms with E-state index in [2.05, 4.69) is 75.7 Å². The van der Waals surface area contributed by atoms with Gasteiger partial charge in [0, 0.05) is 54.0 Å². The average Bonchev–Trinajstić information content (AvgIpc) is 3.56. The fourth-order valence-electron chi connectivity index (χ4n) is 5.67. The van der Waals surface area contributed by atoms with Crippen molar-refractivity contribution < 1.29 is 13.2 Å². The Bertz CT molecular complexity index is 1560. The molecular weight excluding hydrogens is 571 g/mol. The van der Waals surface area contributed by atoms with Crippen LogP contribution in [0.25, 0.3) is 21.1 Å². The molecule has 0 aliphatic carbocycles. The summed E-state index contributed by atoms with van der Waals surface area (Å²) < 4.78 is 40.8. The number of hydrogen-bond acceptors (Lipinski definition) is 7. The minimum Gasteiger partial charge on any atom is -0.367 e. The molecule has 0 saturated carbocycles. The van der Waals surface area contributed by atoms with Crippen LogP contribution in [0.5, 0.6) is 0 Å². The van der Waals surface area contributed by atoms with E-state index >= 15 is 0 Å². The van der Waals surface area contributed by atoms with E-state index in [0.717, 1.165) is 67.8 Å². The van der Waals surface area contributed by atoms with Crippen LogP contribution in [0.2, 0.25) is 0 Å². The van der Waals surface area contributed by atoms with E-state index in [0.29, 0.717) is 27.8 Å². The molecule has 1 unspecified atom stereocenters. The number of nitrogens with one attached hydrogen (secondary N) is 1. The molecule has 1 aliphatic heterocycles. The lowest BCUT2D eigenvalue weighted by atomic mass is 10.0. The zero-order chi connectivity index (χ0) is 31.3. The fourth-order valence-corrected chi connectivity index (χ4v) is 6.70. The van der Waals surface area contributed by atoms with Crippen molar-refractivity contribution >= 4 is 38.3 Å². The molecule has 0 spiro atoms. The zero-order valence-corrected chi connectivity index (χ0v) is 26.7. The van der Waals surface area contributed by atoms with Gasteiger partial charge in [-0.3, -0.25) is 4.90 Å². The molecule has 5 rings (SSSR count). The molecule has 1 atom stereocenters. The van der Waals surface area contributed by atoms with Gasteiger partial charge >= 0.3 is 6.18 Å². The molecule has 1 aliphatic rings. The SMILES string of the molecule is CC.CCN(C)C(C)Cn1c(C#N)cc2c(C)c(CN3CCC(Nc4ncnc5sc(CC(F)(F)F)cc45)CC3)ccc21. The Hall–Kier alpha value is -3.20. The first-order valence-electron chi connectivity index (χ1n) is 15.1. The topological polar surface area (TPSA) is 73.0 Å². The number of thiophene rings is 1. The lowest BCUT2D eigenvalue weighted by molar-refractivity contribution is -0.126. The Morgan fingerprint density at radius 3 is 2.53 bits per heavy atom. The van der Waals surface area contributed by atoms with Crippen molar-refractivity contribution in [2.75, 3.05) is 32.0 Å². The summed E-state index contributed by atoms with van der Waals surface area (Å²) in [6.45, 7) is 14.8. The van der Waals surface area contributed by atoms with E-state index in [1.807, 2.05) is 19.9 Å². The number of fused-ring (bicyclic) bond motifs is 2. The Morgan fingerprint density at radius 2 is 1.88 bits per heavy atom. The summed E-state index contributed by atoms with van der Waals surface area (Å²) in [7, 11) is 2.11. The number of hydrogen-bond donors (Lipinski definition) is 1. The molecule has 1 aromatic carbocycles. The van der Waals surface area contributed by atoms with Gasteiger partial charge in [-0.05, 0) is 69.6 Å². The smallest absolute Gasteiger partial charge is 0.367 e. The fraction of sp³-hybridized carbons (Fsp3) is 0.531. The first-order chi connectivity index (χ1) is 20.6. The van der Waals surface area contributed by atoms with E-state index in [1.165, 1.54) is 17.5 Å². The monoisotopic (exact) mass is 613 g/mol. The summed E-state index contributed by atoms with van der Waals surface area (Å²) in [6, 6.07) is 10.8. The average molecular weight is 614 g/mol. The van der Waals surface area contributed by atoms with Crippen LogP contribution >= 0.6 is 11.3 Å². The molecule has 0 amide bonds. The normalized spacial score (nSPS) is 15.5. The maximum Gasteiger partial charge on any atom is 0.393 e. The summed E-state index contributed by atoms with van der Waals surface area (Å²) >= 11 is 1.07. The maximum absolute atomic E-state index is 12.9. The second-order valence-electron chi connectivity index (χ2n) is 11.1. The number of aromatic nitrogens is 3. The minimum absolute atomic E-state index is 0.189. The summed E-state index contributed by atoms with van der Waals surface area (Å²) in [6.07, 6.45) is -1.96. The van der Waals surface area contributed by atoms with Gasteiger partial charge in [0.25, 0.3) is 0 Å². The molecule has 7 nitrogen and oxygen atoms in total. The molecule has 43 heavy (non-hydrogen) atoms. The number of halogens is 3. The number of nitriles is 1. The first-order valence-corrected chi connectivity index (χ1v) is 15.9. The molecule has 1 N–H and O–H groups in total. The maximum atomic E-state index is 12.9. The van der Waals surface area contributed by atoms with Crippen molar-refractivity contribution in [2.45, 2.75) is 85.2 Å². The third-order valence-electron chi connectivity index (χ3n) is 8.36. The van der Waals surface area contributed by atoms with Gasteiger partial charge in [0.15, 0.2) is 0 Å². The highest BCUT2D eigenvalue weighted by molar-refractivity contribution is 7.18. The summed E-state index contributed by atoms with van der Waals surface area (Å²) in [5.41, 5.74) is 4.27. The predicted molar refractivity (Wildman–Crippen MR) is 170 cm³/mol.